The molecule has 2 heterocycles. The molecule has 1 aliphatic rings. The Morgan fingerprint density at radius 3 is 2.70 bits per heavy atom. The summed E-state index contributed by atoms with van der Waals surface area (Å²) in [5.41, 5.74) is 5.55. The maximum absolute atomic E-state index is 11.6. The number of carbonyl (C=O) groups is 1. The molecule has 2 atom stereocenters. The molecule has 8 heteroatoms. The molecule has 1 saturated heterocycles. The second kappa shape index (κ2) is 8.94. The van der Waals surface area contributed by atoms with E-state index in [9.17, 15) is 4.79 Å². The fourth-order valence-electron chi connectivity index (χ4n) is 2.06. The van der Waals surface area contributed by atoms with Gasteiger partial charge in [0.2, 0.25) is 11.9 Å². The largest absolute Gasteiger partial charge is 0.350 e. The molecule has 6 nitrogen and oxygen atoms in total. The summed E-state index contributed by atoms with van der Waals surface area (Å²) < 4.78 is 0. The highest BCUT2D eigenvalue weighted by atomic mass is 35.5. The molecule has 0 aliphatic carbocycles. The zero-order valence-electron chi connectivity index (χ0n) is 11.4. The topological polar surface area (TPSA) is 84.1 Å². The van der Waals surface area contributed by atoms with Gasteiger partial charge in [-0.05, 0) is 25.8 Å². The molecule has 1 aromatic rings. The number of nitrogens with zero attached hydrogens (tertiary/aromatic N) is 3. The number of amides is 1. The highest BCUT2D eigenvalue weighted by Crippen LogP contribution is 2.15. The lowest BCUT2D eigenvalue weighted by atomic mass is 10.1. The highest BCUT2D eigenvalue weighted by Gasteiger charge is 2.23. The van der Waals surface area contributed by atoms with E-state index in [4.69, 9.17) is 5.73 Å². The predicted molar refractivity (Wildman–Crippen MR) is 83.6 cm³/mol. The van der Waals surface area contributed by atoms with E-state index in [1.807, 2.05) is 0 Å². The molecule has 1 amide bonds. The fraction of sp³-hybridized carbons (Fsp3) is 0.583. The van der Waals surface area contributed by atoms with Crippen LogP contribution in [0.25, 0.3) is 0 Å². The fourth-order valence-corrected chi connectivity index (χ4v) is 2.06. The average molecular weight is 322 g/mol. The van der Waals surface area contributed by atoms with E-state index in [2.05, 4.69) is 20.2 Å². The molecule has 3 N–H and O–H groups in total. The number of piperidine rings is 1. The van der Waals surface area contributed by atoms with Crippen LogP contribution in [0.15, 0.2) is 18.5 Å². The highest BCUT2D eigenvalue weighted by molar-refractivity contribution is 5.85. The summed E-state index contributed by atoms with van der Waals surface area (Å²) in [6.45, 7) is 3.35. The normalized spacial score (nSPS) is 19.3. The van der Waals surface area contributed by atoms with E-state index in [1.165, 1.54) is 0 Å². The van der Waals surface area contributed by atoms with Gasteiger partial charge in [-0.3, -0.25) is 4.79 Å². The van der Waals surface area contributed by atoms with Gasteiger partial charge in [-0.2, -0.15) is 0 Å². The molecule has 1 aliphatic heterocycles. The molecule has 114 valence electrons. The Labute approximate surface area is 131 Å². The maximum atomic E-state index is 11.6. The number of carbonyl (C=O) groups excluding carboxylic acids is 1. The van der Waals surface area contributed by atoms with Gasteiger partial charge in [0.05, 0.1) is 6.04 Å². The van der Waals surface area contributed by atoms with E-state index in [1.54, 1.807) is 25.4 Å². The zero-order valence-corrected chi connectivity index (χ0v) is 13.0. The lowest BCUT2D eigenvalue weighted by Gasteiger charge is -2.33. The Morgan fingerprint density at radius 2 is 2.10 bits per heavy atom. The van der Waals surface area contributed by atoms with Gasteiger partial charge >= 0.3 is 0 Å². The van der Waals surface area contributed by atoms with Crippen molar-refractivity contribution in [3.8, 4) is 0 Å². The van der Waals surface area contributed by atoms with Crippen molar-refractivity contribution in [2.45, 2.75) is 31.8 Å². The molecule has 1 aromatic heterocycles. The van der Waals surface area contributed by atoms with Crippen LogP contribution >= 0.6 is 24.8 Å². The quantitative estimate of drug-likeness (QED) is 0.858. The number of rotatable bonds is 3. The van der Waals surface area contributed by atoms with Crippen LogP contribution in [-0.2, 0) is 4.79 Å². The van der Waals surface area contributed by atoms with E-state index < -0.39 is 6.04 Å². The third-order valence-corrected chi connectivity index (χ3v) is 3.02. The predicted octanol–water partition coefficient (Wildman–Crippen LogP) is 0.752. The molecule has 0 radical (unpaired) electrons. The van der Waals surface area contributed by atoms with E-state index in [-0.39, 0.29) is 36.8 Å². The van der Waals surface area contributed by atoms with Crippen molar-refractivity contribution >= 4 is 36.7 Å². The zero-order chi connectivity index (χ0) is 13.0. The number of halogens is 2. The van der Waals surface area contributed by atoms with Crippen molar-refractivity contribution in [3.05, 3.63) is 18.5 Å². The Morgan fingerprint density at radius 1 is 1.45 bits per heavy atom. The Hall–Kier alpha value is -1.11. The van der Waals surface area contributed by atoms with E-state index in [0.29, 0.717) is 0 Å². The molecular weight excluding hydrogens is 301 g/mol. The van der Waals surface area contributed by atoms with Crippen LogP contribution in [0.4, 0.5) is 5.95 Å². The van der Waals surface area contributed by atoms with Gasteiger partial charge in [0, 0.05) is 31.5 Å². The number of nitrogens with one attached hydrogen (secondary N) is 1. The number of hydrogen-bond acceptors (Lipinski definition) is 5. The summed E-state index contributed by atoms with van der Waals surface area (Å²) in [5.74, 6) is 0.619. The minimum absolute atomic E-state index is 0. The number of nitrogens with two attached hydrogens (primary N) is 1. The molecule has 2 rings (SSSR count). The summed E-state index contributed by atoms with van der Waals surface area (Å²) >= 11 is 0. The van der Waals surface area contributed by atoms with Crippen molar-refractivity contribution in [1.29, 1.82) is 0 Å². The van der Waals surface area contributed by atoms with Gasteiger partial charge in [-0.15, -0.1) is 24.8 Å². The Bertz CT molecular complexity index is 404. The van der Waals surface area contributed by atoms with E-state index >= 15 is 0 Å². The second-order valence-electron chi connectivity index (χ2n) is 4.63. The first-order chi connectivity index (χ1) is 8.66. The third kappa shape index (κ3) is 5.11. The van der Waals surface area contributed by atoms with Crippen LogP contribution < -0.4 is 16.0 Å². The first-order valence-electron chi connectivity index (χ1n) is 6.24. The smallest absolute Gasteiger partial charge is 0.236 e. The van der Waals surface area contributed by atoms with Crippen molar-refractivity contribution in [1.82, 2.24) is 15.3 Å². The lowest BCUT2D eigenvalue weighted by Crippen LogP contribution is -2.51. The van der Waals surface area contributed by atoms with Crippen LogP contribution in [0, 0.1) is 0 Å². The van der Waals surface area contributed by atoms with Crippen LogP contribution in [0.2, 0.25) is 0 Å². The van der Waals surface area contributed by atoms with Crippen molar-refractivity contribution < 1.29 is 4.79 Å². The minimum atomic E-state index is -0.464. The molecule has 20 heavy (non-hydrogen) atoms. The van der Waals surface area contributed by atoms with E-state index in [0.717, 1.165) is 31.9 Å². The standard InChI is InChI=1S/C12H19N5O.2ClH/c1-9(13)11(18)16-10-4-2-7-17(8-10)12-14-5-3-6-15-12;;/h3,5-6,9-10H,2,4,7-8,13H2,1H3,(H,16,18);2*1H/t9-,10?;;/m0../s1. The third-order valence-electron chi connectivity index (χ3n) is 3.02. The number of anilines is 1. The summed E-state index contributed by atoms with van der Waals surface area (Å²) in [7, 11) is 0. The first kappa shape index (κ1) is 18.9. The Kier molecular flexibility index (Phi) is 8.45. The minimum Gasteiger partial charge on any atom is -0.350 e. The molecule has 0 spiro atoms. The maximum Gasteiger partial charge on any atom is 0.236 e. The van der Waals surface area contributed by atoms with Gasteiger partial charge < -0.3 is 16.0 Å². The number of hydrogen-bond donors (Lipinski definition) is 2. The summed E-state index contributed by atoms with van der Waals surface area (Å²) in [6.07, 6.45) is 5.45. The SMILES string of the molecule is C[C@H](N)C(=O)NC1CCCN(c2ncccn2)C1.Cl.Cl. The summed E-state index contributed by atoms with van der Waals surface area (Å²) in [6, 6.07) is 1.46. The van der Waals surface area contributed by atoms with Crippen molar-refractivity contribution in [2.75, 3.05) is 18.0 Å². The molecule has 0 saturated carbocycles. The van der Waals surface area contributed by atoms with Crippen molar-refractivity contribution in [2.24, 2.45) is 5.73 Å². The average Bonchev–Trinajstić information content (AvgIpc) is 2.40. The monoisotopic (exact) mass is 321 g/mol. The van der Waals surface area contributed by atoms with Gasteiger partial charge in [0.25, 0.3) is 0 Å². The van der Waals surface area contributed by atoms with Crippen LogP contribution in [-0.4, -0.2) is 41.0 Å². The summed E-state index contributed by atoms with van der Waals surface area (Å²) in [5, 5.41) is 2.96. The van der Waals surface area contributed by atoms with Gasteiger partial charge in [-0.25, -0.2) is 9.97 Å². The van der Waals surface area contributed by atoms with Crippen LogP contribution in [0.5, 0.6) is 0 Å². The molecule has 1 fully saturated rings. The van der Waals surface area contributed by atoms with Crippen molar-refractivity contribution in [3.63, 3.8) is 0 Å². The van der Waals surface area contributed by atoms with Gasteiger partial charge in [-0.1, -0.05) is 0 Å². The Balaban J connectivity index is 0.00000180. The first-order valence-corrected chi connectivity index (χ1v) is 6.24. The van der Waals surface area contributed by atoms with Crippen LogP contribution in [0.1, 0.15) is 19.8 Å². The lowest BCUT2D eigenvalue weighted by molar-refractivity contribution is -0.122. The molecule has 0 aromatic carbocycles. The van der Waals surface area contributed by atoms with Crippen LogP contribution in [0.3, 0.4) is 0 Å². The molecular formula is C12H21Cl2N5O. The van der Waals surface area contributed by atoms with Gasteiger partial charge in [0.1, 0.15) is 0 Å². The molecule has 0 bridgehead atoms. The number of aromatic nitrogens is 2. The second-order valence-corrected chi connectivity index (χ2v) is 4.63. The molecule has 1 unspecified atom stereocenters. The van der Waals surface area contributed by atoms with Gasteiger partial charge in [0.15, 0.2) is 0 Å². The summed E-state index contributed by atoms with van der Waals surface area (Å²) in [4.78, 5) is 22.1.